The summed E-state index contributed by atoms with van der Waals surface area (Å²) in [6.45, 7) is 1.76. The van der Waals surface area contributed by atoms with Gasteiger partial charge >= 0.3 is 5.97 Å². The predicted octanol–water partition coefficient (Wildman–Crippen LogP) is 3.62. The molecule has 0 spiro atoms. The summed E-state index contributed by atoms with van der Waals surface area (Å²) in [6.07, 6.45) is 0. The minimum Gasteiger partial charge on any atom is -0.476 e. The molecule has 0 saturated heterocycles. The predicted molar refractivity (Wildman–Crippen MR) is 70.6 cm³/mol. The number of benzene rings is 1. The molecule has 0 amide bonds. The number of pyridine rings is 1. The van der Waals surface area contributed by atoms with E-state index in [1.54, 1.807) is 13.0 Å². The van der Waals surface area contributed by atoms with Gasteiger partial charge < -0.3 is 10.4 Å². The molecule has 19 heavy (non-hydrogen) atoms. The quantitative estimate of drug-likeness (QED) is 0.901. The van der Waals surface area contributed by atoms with E-state index in [-0.39, 0.29) is 22.4 Å². The van der Waals surface area contributed by atoms with Gasteiger partial charge in [-0.05, 0) is 42.8 Å². The number of carboxylic acid groups (broad SMARTS) is 1. The number of anilines is 2. The number of nitrogens with one attached hydrogen (secondary N) is 1. The number of hydrogen-bond donors (Lipinski definition) is 2. The van der Waals surface area contributed by atoms with Gasteiger partial charge in [-0.2, -0.15) is 0 Å². The summed E-state index contributed by atoms with van der Waals surface area (Å²) >= 11 is 5.71. The van der Waals surface area contributed by atoms with Gasteiger partial charge in [-0.25, -0.2) is 14.2 Å². The molecule has 6 heteroatoms. The highest BCUT2D eigenvalue weighted by molar-refractivity contribution is 6.33. The first kappa shape index (κ1) is 13.3. The molecule has 2 N–H and O–H groups in total. The van der Waals surface area contributed by atoms with Crippen LogP contribution in [0.5, 0.6) is 0 Å². The molecule has 0 aliphatic heterocycles. The van der Waals surface area contributed by atoms with Gasteiger partial charge in [0.05, 0.1) is 5.02 Å². The highest BCUT2D eigenvalue weighted by Crippen LogP contribution is 2.21. The monoisotopic (exact) mass is 280 g/mol. The molecule has 0 saturated carbocycles. The van der Waals surface area contributed by atoms with Gasteiger partial charge in [-0.15, -0.1) is 0 Å². The van der Waals surface area contributed by atoms with E-state index in [1.807, 2.05) is 0 Å². The van der Waals surface area contributed by atoms with E-state index in [0.717, 1.165) is 5.56 Å². The van der Waals surface area contributed by atoms with Crippen molar-refractivity contribution in [3.63, 3.8) is 0 Å². The lowest BCUT2D eigenvalue weighted by atomic mass is 10.2. The Kier molecular flexibility index (Phi) is 3.66. The van der Waals surface area contributed by atoms with Crippen molar-refractivity contribution in [3.05, 3.63) is 52.4 Å². The van der Waals surface area contributed by atoms with E-state index in [9.17, 15) is 9.18 Å². The van der Waals surface area contributed by atoms with E-state index in [4.69, 9.17) is 16.7 Å². The molecule has 2 rings (SSSR count). The summed E-state index contributed by atoms with van der Waals surface area (Å²) in [6, 6.07) is 7.36. The molecule has 0 aliphatic rings. The molecule has 1 aromatic heterocycles. The van der Waals surface area contributed by atoms with Crippen LogP contribution in [0.4, 0.5) is 15.9 Å². The summed E-state index contributed by atoms with van der Waals surface area (Å²) in [4.78, 5) is 14.8. The van der Waals surface area contributed by atoms with Crippen molar-refractivity contribution in [3.8, 4) is 0 Å². The number of carbonyl (C=O) groups is 1. The van der Waals surface area contributed by atoms with Crippen molar-refractivity contribution >= 4 is 29.1 Å². The molecule has 0 fully saturated rings. The van der Waals surface area contributed by atoms with Crippen LogP contribution in [0.3, 0.4) is 0 Å². The highest BCUT2D eigenvalue weighted by atomic mass is 35.5. The summed E-state index contributed by atoms with van der Waals surface area (Å²) in [5.41, 5.74) is 0.985. The minimum absolute atomic E-state index is 0.0495. The van der Waals surface area contributed by atoms with Crippen LogP contribution in [0.2, 0.25) is 5.02 Å². The Morgan fingerprint density at radius 3 is 2.74 bits per heavy atom. The average Bonchev–Trinajstić information content (AvgIpc) is 2.30. The largest absolute Gasteiger partial charge is 0.476 e. The number of hydrogen-bond acceptors (Lipinski definition) is 3. The van der Waals surface area contributed by atoms with E-state index in [1.165, 1.54) is 24.3 Å². The summed E-state index contributed by atoms with van der Waals surface area (Å²) < 4.78 is 13.2. The lowest BCUT2D eigenvalue weighted by Gasteiger charge is -2.08. The minimum atomic E-state index is -1.22. The van der Waals surface area contributed by atoms with E-state index in [0.29, 0.717) is 5.69 Å². The number of aryl methyl sites for hydroxylation is 1. The second kappa shape index (κ2) is 5.24. The Hall–Kier alpha value is -2.14. The second-order valence-electron chi connectivity index (χ2n) is 3.97. The number of aromatic carboxylic acids is 1. The molecule has 0 atom stereocenters. The molecule has 2 aromatic rings. The Bertz CT molecular complexity index is 626. The number of nitrogens with zero attached hydrogens (tertiary/aromatic N) is 1. The first-order valence-corrected chi connectivity index (χ1v) is 5.77. The maximum Gasteiger partial charge on any atom is 0.356 e. The van der Waals surface area contributed by atoms with Gasteiger partial charge in [0.2, 0.25) is 0 Å². The normalized spacial score (nSPS) is 10.3. The number of rotatable bonds is 3. The third-order valence-corrected chi connectivity index (χ3v) is 2.67. The lowest BCUT2D eigenvalue weighted by molar-refractivity contribution is 0.0691. The topological polar surface area (TPSA) is 62.2 Å². The van der Waals surface area contributed by atoms with Crippen LogP contribution in [0, 0.1) is 12.7 Å². The standard InChI is InChI=1S/C13H10ClFN2O2/c1-7-4-8(15)6-9(5-7)16-11-3-2-10(14)12(17-11)13(18)19/h2-6H,1H3,(H,16,17)(H,18,19). The van der Waals surface area contributed by atoms with E-state index >= 15 is 0 Å². The van der Waals surface area contributed by atoms with Crippen LogP contribution in [0.1, 0.15) is 16.1 Å². The maximum atomic E-state index is 13.2. The summed E-state index contributed by atoms with van der Waals surface area (Å²) in [5, 5.41) is 11.8. The molecule has 0 radical (unpaired) electrons. The van der Waals surface area contributed by atoms with Crippen LogP contribution >= 0.6 is 11.6 Å². The van der Waals surface area contributed by atoms with Gasteiger partial charge in [-0.1, -0.05) is 11.6 Å². The maximum absolute atomic E-state index is 13.2. The van der Waals surface area contributed by atoms with Crippen molar-refractivity contribution in [2.45, 2.75) is 6.92 Å². The summed E-state index contributed by atoms with van der Waals surface area (Å²) in [5.74, 6) is -1.31. The SMILES string of the molecule is Cc1cc(F)cc(Nc2ccc(Cl)c(C(=O)O)n2)c1. The molecule has 98 valence electrons. The van der Waals surface area contributed by atoms with Crippen LogP contribution in [-0.2, 0) is 0 Å². The zero-order valence-corrected chi connectivity index (χ0v) is 10.7. The fourth-order valence-electron chi connectivity index (χ4n) is 1.62. The fraction of sp³-hybridized carbons (Fsp3) is 0.0769. The van der Waals surface area contributed by atoms with Crippen molar-refractivity contribution in [2.75, 3.05) is 5.32 Å². The molecule has 0 bridgehead atoms. The number of aromatic nitrogens is 1. The molecule has 4 nitrogen and oxygen atoms in total. The van der Waals surface area contributed by atoms with Crippen molar-refractivity contribution < 1.29 is 14.3 Å². The first-order chi connectivity index (χ1) is 8.95. The van der Waals surface area contributed by atoms with Crippen molar-refractivity contribution in [1.29, 1.82) is 0 Å². The molecule has 0 aliphatic carbocycles. The van der Waals surface area contributed by atoms with Crippen molar-refractivity contribution in [2.24, 2.45) is 0 Å². The Morgan fingerprint density at radius 1 is 1.37 bits per heavy atom. The molecule has 1 aromatic carbocycles. The average molecular weight is 281 g/mol. The molecule has 0 unspecified atom stereocenters. The molecular formula is C13H10ClFN2O2. The Labute approximate surface area is 113 Å². The Balaban J connectivity index is 2.33. The molecule has 1 heterocycles. The smallest absolute Gasteiger partial charge is 0.356 e. The highest BCUT2D eigenvalue weighted by Gasteiger charge is 2.11. The van der Waals surface area contributed by atoms with Crippen LogP contribution in [0.25, 0.3) is 0 Å². The number of halogens is 2. The lowest BCUT2D eigenvalue weighted by Crippen LogP contribution is -2.04. The molecular weight excluding hydrogens is 271 g/mol. The van der Waals surface area contributed by atoms with Gasteiger partial charge in [0.1, 0.15) is 11.6 Å². The third-order valence-electron chi connectivity index (χ3n) is 2.36. The first-order valence-electron chi connectivity index (χ1n) is 5.40. The van der Waals surface area contributed by atoms with Gasteiger partial charge in [-0.3, -0.25) is 0 Å². The zero-order chi connectivity index (χ0) is 14.0. The second-order valence-corrected chi connectivity index (χ2v) is 4.38. The Morgan fingerprint density at radius 2 is 2.11 bits per heavy atom. The number of carboxylic acids is 1. The summed E-state index contributed by atoms with van der Waals surface area (Å²) in [7, 11) is 0. The fourth-order valence-corrected chi connectivity index (χ4v) is 1.80. The van der Waals surface area contributed by atoms with Gasteiger partial charge in [0, 0.05) is 5.69 Å². The zero-order valence-electron chi connectivity index (χ0n) is 9.95. The van der Waals surface area contributed by atoms with Crippen molar-refractivity contribution in [1.82, 2.24) is 4.98 Å². The van der Waals surface area contributed by atoms with Crippen LogP contribution in [0.15, 0.2) is 30.3 Å². The van der Waals surface area contributed by atoms with Crippen LogP contribution < -0.4 is 5.32 Å². The van der Waals surface area contributed by atoms with Gasteiger partial charge in [0.15, 0.2) is 5.69 Å². The van der Waals surface area contributed by atoms with E-state index < -0.39 is 5.97 Å². The van der Waals surface area contributed by atoms with Crippen LogP contribution in [-0.4, -0.2) is 16.1 Å². The van der Waals surface area contributed by atoms with E-state index in [2.05, 4.69) is 10.3 Å². The van der Waals surface area contributed by atoms with Gasteiger partial charge in [0.25, 0.3) is 0 Å². The third kappa shape index (κ3) is 3.20.